The van der Waals surface area contributed by atoms with Gasteiger partial charge >= 0.3 is 6.03 Å². The normalized spacial score (nSPS) is 10.4. The summed E-state index contributed by atoms with van der Waals surface area (Å²) >= 11 is 0. The van der Waals surface area contributed by atoms with Crippen LogP contribution in [0, 0.1) is 0 Å². The van der Waals surface area contributed by atoms with Crippen LogP contribution in [0.15, 0.2) is 12.3 Å². The number of rotatable bonds is 2. The number of hydrogen-bond donors (Lipinski definition) is 2. The molecule has 0 aromatic rings. The molecule has 0 aromatic carbocycles. The Morgan fingerprint density at radius 2 is 2.10 bits per heavy atom. The summed E-state index contributed by atoms with van der Waals surface area (Å²) in [5.41, 5.74) is 0. The van der Waals surface area contributed by atoms with E-state index in [1.54, 1.807) is 12.3 Å². The Labute approximate surface area is 61.5 Å². The average Bonchev–Trinajstić information content (AvgIpc) is 1.82. The number of hydrogen-bond acceptors (Lipinski definition) is 1. The third-order valence-electron chi connectivity index (χ3n) is 0.801. The van der Waals surface area contributed by atoms with E-state index in [0.717, 1.165) is 0 Å². The van der Waals surface area contributed by atoms with E-state index in [4.69, 9.17) is 0 Å². The Balaban J connectivity index is 3.44. The van der Waals surface area contributed by atoms with Gasteiger partial charge in [-0.05, 0) is 20.8 Å². The van der Waals surface area contributed by atoms with Crippen LogP contribution in [0.4, 0.5) is 4.79 Å². The molecule has 0 rings (SSSR count). The van der Waals surface area contributed by atoms with Gasteiger partial charge in [-0.3, -0.25) is 0 Å². The van der Waals surface area contributed by atoms with Gasteiger partial charge < -0.3 is 10.6 Å². The Bertz CT molecular complexity index is 130. The maximum absolute atomic E-state index is 10.7. The van der Waals surface area contributed by atoms with Crippen molar-refractivity contribution in [2.24, 2.45) is 0 Å². The van der Waals surface area contributed by atoms with E-state index in [2.05, 4.69) is 10.6 Å². The highest BCUT2D eigenvalue weighted by Gasteiger charge is 1.96. The van der Waals surface area contributed by atoms with Gasteiger partial charge in [0.15, 0.2) is 0 Å². The van der Waals surface area contributed by atoms with Gasteiger partial charge in [0.2, 0.25) is 0 Å². The third kappa shape index (κ3) is 5.15. The highest BCUT2D eigenvalue weighted by Crippen LogP contribution is 1.75. The summed E-state index contributed by atoms with van der Waals surface area (Å²) in [6, 6.07) is 0.0263. The summed E-state index contributed by atoms with van der Waals surface area (Å²) in [6.45, 7) is 5.67. The molecule has 0 fully saturated rings. The topological polar surface area (TPSA) is 41.1 Å². The molecule has 58 valence electrons. The average molecular weight is 142 g/mol. The van der Waals surface area contributed by atoms with Crippen LogP contribution in [0.25, 0.3) is 0 Å². The first-order valence-electron chi connectivity index (χ1n) is 3.35. The van der Waals surface area contributed by atoms with Crippen molar-refractivity contribution in [2.75, 3.05) is 0 Å². The van der Waals surface area contributed by atoms with Crippen molar-refractivity contribution < 1.29 is 4.79 Å². The highest BCUT2D eigenvalue weighted by molar-refractivity contribution is 5.75. The van der Waals surface area contributed by atoms with Crippen LogP contribution in [-0.4, -0.2) is 12.1 Å². The molecule has 0 radical (unpaired) electrons. The second-order valence-electron chi connectivity index (χ2n) is 2.27. The summed E-state index contributed by atoms with van der Waals surface area (Å²) < 4.78 is 0. The Morgan fingerprint density at radius 1 is 1.50 bits per heavy atom. The van der Waals surface area contributed by atoms with E-state index in [1.807, 2.05) is 20.8 Å². The molecule has 3 nitrogen and oxygen atoms in total. The maximum Gasteiger partial charge on any atom is 0.318 e. The predicted octanol–water partition coefficient (Wildman–Crippen LogP) is 1.23. The number of allylic oxidation sites excluding steroid dienone is 1. The zero-order chi connectivity index (χ0) is 7.98. The molecule has 2 amide bonds. The fraction of sp³-hybridized carbons (Fsp3) is 0.571. The van der Waals surface area contributed by atoms with E-state index >= 15 is 0 Å². The standard InChI is InChI=1S/C7H14N2O/c1-4-5-8-7(10)9-6(2)3/h4-6H,1-3H3,(H2,8,9,10)/b5-4+. The van der Waals surface area contributed by atoms with Crippen molar-refractivity contribution in [3.8, 4) is 0 Å². The van der Waals surface area contributed by atoms with Crippen molar-refractivity contribution in [1.82, 2.24) is 10.6 Å². The monoisotopic (exact) mass is 142 g/mol. The van der Waals surface area contributed by atoms with Crippen molar-refractivity contribution in [3.63, 3.8) is 0 Å². The lowest BCUT2D eigenvalue weighted by molar-refractivity contribution is 0.242. The minimum Gasteiger partial charge on any atom is -0.336 e. The maximum atomic E-state index is 10.7. The minimum absolute atomic E-state index is 0.159. The summed E-state index contributed by atoms with van der Waals surface area (Å²) in [5.74, 6) is 0. The molecule has 0 unspecified atom stereocenters. The molecular weight excluding hydrogens is 128 g/mol. The van der Waals surface area contributed by atoms with Crippen LogP contribution in [-0.2, 0) is 0 Å². The molecule has 0 aliphatic carbocycles. The first kappa shape index (κ1) is 9.01. The second-order valence-corrected chi connectivity index (χ2v) is 2.27. The lowest BCUT2D eigenvalue weighted by Gasteiger charge is -2.06. The first-order valence-corrected chi connectivity index (χ1v) is 3.35. The second kappa shape index (κ2) is 4.85. The zero-order valence-electron chi connectivity index (χ0n) is 6.64. The molecule has 0 spiro atoms. The lowest BCUT2D eigenvalue weighted by Crippen LogP contribution is -2.36. The molecule has 0 saturated heterocycles. The van der Waals surface area contributed by atoms with Gasteiger partial charge in [-0.25, -0.2) is 4.79 Å². The molecule has 10 heavy (non-hydrogen) atoms. The fourth-order valence-electron chi connectivity index (χ4n) is 0.463. The molecule has 0 heterocycles. The van der Waals surface area contributed by atoms with Gasteiger partial charge in [-0.15, -0.1) is 0 Å². The van der Waals surface area contributed by atoms with Crippen molar-refractivity contribution in [3.05, 3.63) is 12.3 Å². The van der Waals surface area contributed by atoms with Crippen molar-refractivity contribution >= 4 is 6.03 Å². The van der Waals surface area contributed by atoms with E-state index in [0.29, 0.717) is 0 Å². The minimum atomic E-state index is -0.159. The van der Waals surface area contributed by atoms with Crippen molar-refractivity contribution in [1.29, 1.82) is 0 Å². The summed E-state index contributed by atoms with van der Waals surface area (Å²) in [4.78, 5) is 10.7. The molecule has 0 aromatic heterocycles. The Morgan fingerprint density at radius 3 is 2.50 bits per heavy atom. The van der Waals surface area contributed by atoms with Crippen LogP contribution >= 0.6 is 0 Å². The highest BCUT2D eigenvalue weighted by atomic mass is 16.2. The smallest absolute Gasteiger partial charge is 0.318 e. The summed E-state index contributed by atoms with van der Waals surface area (Å²) in [7, 11) is 0. The van der Waals surface area contributed by atoms with Gasteiger partial charge in [0.05, 0.1) is 0 Å². The summed E-state index contributed by atoms with van der Waals surface area (Å²) in [6.07, 6.45) is 3.36. The Kier molecular flexibility index (Phi) is 4.37. The van der Waals surface area contributed by atoms with E-state index in [1.165, 1.54) is 0 Å². The molecule has 0 saturated carbocycles. The van der Waals surface area contributed by atoms with Gasteiger partial charge in [-0.2, -0.15) is 0 Å². The third-order valence-corrected chi connectivity index (χ3v) is 0.801. The van der Waals surface area contributed by atoms with E-state index in [-0.39, 0.29) is 12.1 Å². The van der Waals surface area contributed by atoms with Crippen LogP contribution in [0.3, 0.4) is 0 Å². The molecule has 0 aliphatic rings. The first-order chi connectivity index (χ1) is 4.66. The van der Waals surface area contributed by atoms with E-state index < -0.39 is 0 Å². The number of carbonyl (C=O) groups excluding carboxylic acids is 1. The molecule has 3 heteroatoms. The quantitative estimate of drug-likeness (QED) is 0.598. The zero-order valence-corrected chi connectivity index (χ0v) is 6.64. The molecular formula is C7H14N2O. The van der Waals surface area contributed by atoms with Crippen LogP contribution in [0.5, 0.6) is 0 Å². The number of carbonyl (C=O) groups is 1. The van der Waals surface area contributed by atoms with Gasteiger partial charge in [0, 0.05) is 12.2 Å². The lowest BCUT2D eigenvalue weighted by atomic mass is 10.4. The van der Waals surface area contributed by atoms with Crippen LogP contribution in [0.2, 0.25) is 0 Å². The SMILES string of the molecule is C/C=C/NC(=O)NC(C)C. The molecule has 0 bridgehead atoms. The number of urea groups is 1. The Hall–Kier alpha value is -0.990. The van der Waals surface area contributed by atoms with Crippen molar-refractivity contribution in [2.45, 2.75) is 26.8 Å². The molecule has 2 N–H and O–H groups in total. The van der Waals surface area contributed by atoms with Gasteiger partial charge in [-0.1, -0.05) is 6.08 Å². The molecule has 0 aliphatic heterocycles. The van der Waals surface area contributed by atoms with Gasteiger partial charge in [0.25, 0.3) is 0 Å². The van der Waals surface area contributed by atoms with Gasteiger partial charge in [0.1, 0.15) is 0 Å². The van der Waals surface area contributed by atoms with Crippen LogP contribution < -0.4 is 10.6 Å². The molecule has 0 atom stereocenters. The number of nitrogens with one attached hydrogen (secondary N) is 2. The fourth-order valence-corrected chi connectivity index (χ4v) is 0.463. The largest absolute Gasteiger partial charge is 0.336 e. The van der Waals surface area contributed by atoms with Crippen LogP contribution in [0.1, 0.15) is 20.8 Å². The van der Waals surface area contributed by atoms with E-state index in [9.17, 15) is 4.79 Å². The summed E-state index contributed by atoms with van der Waals surface area (Å²) in [5, 5.41) is 5.21. The number of amides is 2. The predicted molar refractivity (Wildman–Crippen MR) is 41.6 cm³/mol.